The van der Waals surface area contributed by atoms with Crippen molar-refractivity contribution >= 4 is 11.9 Å². The lowest BCUT2D eigenvalue weighted by Gasteiger charge is -2.33. The molecular formula is C16H22N2O3. The van der Waals surface area contributed by atoms with Crippen molar-refractivity contribution in [2.45, 2.75) is 32.9 Å². The summed E-state index contributed by atoms with van der Waals surface area (Å²) in [6.45, 7) is 5.29. The maximum Gasteiger partial charge on any atom is 0.321 e. The third-order valence-electron chi connectivity index (χ3n) is 3.69. The largest absolute Gasteiger partial charge is 0.480 e. The summed E-state index contributed by atoms with van der Waals surface area (Å²) in [7, 11) is 0. The molecule has 0 bridgehead atoms. The van der Waals surface area contributed by atoms with Crippen LogP contribution in [0.3, 0.4) is 0 Å². The fourth-order valence-corrected chi connectivity index (χ4v) is 2.55. The first-order valence-electron chi connectivity index (χ1n) is 7.27. The number of nitrogens with zero attached hydrogens (tertiary/aromatic N) is 1. The first kappa shape index (κ1) is 15.5. The number of nitrogens with one attached hydrogen (secondary N) is 1. The predicted molar refractivity (Wildman–Crippen MR) is 79.8 cm³/mol. The average Bonchev–Trinajstić information content (AvgIpc) is 2.44. The average molecular weight is 290 g/mol. The van der Waals surface area contributed by atoms with Gasteiger partial charge in [-0.15, -0.1) is 0 Å². The number of amides is 1. The summed E-state index contributed by atoms with van der Waals surface area (Å²) in [5, 5.41) is 12.2. The molecule has 1 aliphatic rings. The summed E-state index contributed by atoms with van der Waals surface area (Å²) < 4.78 is 0. The van der Waals surface area contributed by atoms with Gasteiger partial charge in [-0.3, -0.25) is 14.5 Å². The summed E-state index contributed by atoms with van der Waals surface area (Å²) in [6, 6.07) is 7.18. The quantitative estimate of drug-likeness (QED) is 0.857. The van der Waals surface area contributed by atoms with Gasteiger partial charge in [0.1, 0.15) is 6.04 Å². The number of benzene rings is 1. The van der Waals surface area contributed by atoms with Crippen LogP contribution in [0.15, 0.2) is 24.3 Å². The molecule has 2 rings (SSSR count). The number of carboxylic acid groups (broad SMARTS) is 1. The van der Waals surface area contributed by atoms with Gasteiger partial charge in [-0.25, -0.2) is 0 Å². The smallest absolute Gasteiger partial charge is 0.321 e. The van der Waals surface area contributed by atoms with E-state index in [0.717, 1.165) is 11.1 Å². The molecule has 0 saturated carbocycles. The topological polar surface area (TPSA) is 69.6 Å². The van der Waals surface area contributed by atoms with E-state index in [1.807, 2.05) is 38.1 Å². The van der Waals surface area contributed by atoms with Gasteiger partial charge in [-0.05, 0) is 23.5 Å². The van der Waals surface area contributed by atoms with Crippen LogP contribution >= 0.6 is 0 Å². The van der Waals surface area contributed by atoms with E-state index in [4.69, 9.17) is 0 Å². The molecule has 1 aromatic rings. The van der Waals surface area contributed by atoms with Gasteiger partial charge in [0, 0.05) is 13.1 Å². The molecule has 0 aromatic heterocycles. The Kier molecular flexibility index (Phi) is 4.96. The monoisotopic (exact) mass is 290 g/mol. The zero-order valence-corrected chi connectivity index (χ0v) is 12.5. The molecule has 1 aromatic carbocycles. The zero-order chi connectivity index (χ0) is 15.4. The van der Waals surface area contributed by atoms with Gasteiger partial charge in [0.2, 0.25) is 5.91 Å². The standard InChI is InChI=1S/C16H22N2O3/c1-11(2)8-17-15(19)10-18-9-13-6-4-3-5-12(13)7-14(18)16(20)21/h3-6,11,14H,7-10H2,1-2H3,(H,17,19)(H,20,21)/t14-/m0/s1. The molecule has 0 saturated heterocycles. The van der Waals surface area contributed by atoms with Crippen LogP contribution in [0.4, 0.5) is 0 Å². The number of rotatable bonds is 5. The van der Waals surface area contributed by atoms with E-state index in [1.165, 1.54) is 0 Å². The Morgan fingerprint density at radius 1 is 1.33 bits per heavy atom. The van der Waals surface area contributed by atoms with Crippen LogP contribution in [0.2, 0.25) is 0 Å². The van der Waals surface area contributed by atoms with Gasteiger partial charge in [0.05, 0.1) is 6.54 Å². The van der Waals surface area contributed by atoms with E-state index < -0.39 is 12.0 Å². The van der Waals surface area contributed by atoms with Crippen LogP contribution in [0.1, 0.15) is 25.0 Å². The molecule has 1 atom stereocenters. The predicted octanol–water partition coefficient (Wildman–Crippen LogP) is 1.27. The van der Waals surface area contributed by atoms with E-state index in [-0.39, 0.29) is 12.5 Å². The zero-order valence-electron chi connectivity index (χ0n) is 12.5. The SMILES string of the molecule is CC(C)CNC(=O)CN1Cc2ccccc2C[C@H]1C(=O)O. The van der Waals surface area contributed by atoms with Gasteiger partial charge in [0.25, 0.3) is 0 Å². The summed E-state index contributed by atoms with van der Waals surface area (Å²) in [4.78, 5) is 25.1. The fraction of sp³-hybridized carbons (Fsp3) is 0.500. The maximum atomic E-state index is 12.0. The van der Waals surface area contributed by atoms with Crippen molar-refractivity contribution in [2.75, 3.05) is 13.1 Å². The number of carboxylic acids is 1. The Labute approximate surface area is 125 Å². The molecule has 5 heteroatoms. The van der Waals surface area contributed by atoms with E-state index >= 15 is 0 Å². The van der Waals surface area contributed by atoms with Crippen molar-refractivity contribution in [1.29, 1.82) is 0 Å². The van der Waals surface area contributed by atoms with E-state index in [0.29, 0.717) is 25.4 Å². The number of hydrogen-bond donors (Lipinski definition) is 2. The Balaban J connectivity index is 2.06. The normalized spacial score (nSPS) is 18.3. The lowest BCUT2D eigenvalue weighted by molar-refractivity contribution is -0.144. The minimum absolute atomic E-state index is 0.116. The highest BCUT2D eigenvalue weighted by atomic mass is 16.4. The molecule has 0 radical (unpaired) electrons. The summed E-state index contributed by atoms with van der Waals surface area (Å²) in [5.74, 6) is -0.609. The second-order valence-corrected chi connectivity index (χ2v) is 5.93. The number of hydrogen-bond acceptors (Lipinski definition) is 3. The first-order valence-corrected chi connectivity index (χ1v) is 7.27. The van der Waals surface area contributed by atoms with Crippen molar-refractivity contribution in [2.24, 2.45) is 5.92 Å². The molecule has 1 heterocycles. The molecular weight excluding hydrogens is 268 g/mol. The van der Waals surface area contributed by atoms with Crippen molar-refractivity contribution < 1.29 is 14.7 Å². The lowest BCUT2D eigenvalue weighted by Crippen LogP contribution is -2.49. The van der Waals surface area contributed by atoms with Crippen LogP contribution in [-0.4, -0.2) is 41.0 Å². The lowest BCUT2D eigenvalue weighted by atomic mass is 9.94. The van der Waals surface area contributed by atoms with Gasteiger partial charge in [-0.1, -0.05) is 38.1 Å². The molecule has 0 unspecified atom stereocenters. The highest BCUT2D eigenvalue weighted by molar-refractivity contribution is 5.80. The minimum atomic E-state index is -0.874. The third kappa shape index (κ3) is 4.04. The molecule has 0 fully saturated rings. The first-order chi connectivity index (χ1) is 9.97. The van der Waals surface area contributed by atoms with E-state index in [1.54, 1.807) is 4.90 Å². The van der Waals surface area contributed by atoms with Crippen LogP contribution in [0, 0.1) is 5.92 Å². The minimum Gasteiger partial charge on any atom is -0.480 e. The maximum absolute atomic E-state index is 12.0. The fourth-order valence-electron chi connectivity index (χ4n) is 2.55. The highest BCUT2D eigenvalue weighted by Gasteiger charge is 2.32. The Morgan fingerprint density at radius 2 is 2.00 bits per heavy atom. The molecule has 2 N–H and O–H groups in total. The van der Waals surface area contributed by atoms with E-state index in [9.17, 15) is 14.7 Å². The molecule has 114 valence electrons. The van der Waals surface area contributed by atoms with Crippen molar-refractivity contribution in [3.05, 3.63) is 35.4 Å². The van der Waals surface area contributed by atoms with Crippen LogP contribution < -0.4 is 5.32 Å². The van der Waals surface area contributed by atoms with Crippen LogP contribution in [-0.2, 0) is 22.6 Å². The summed E-state index contributed by atoms with van der Waals surface area (Å²) in [6.07, 6.45) is 0.447. The Morgan fingerprint density at radius 3 is 2.62 bits per heavy atom. The molecule has 1 amide bonds. The highest BCUT2D eigenvalue weighted by Crippen LogP contribution is 2.23. The summed E-state index contributed by atoms with van der Waals surface area (Å²) >= 11 is 0. The molecule has 0 aliphatic carbocycles. The number of fused-ring (bicyclic) bond motifs is 1. The molecule has 5 nitrogen and oxygen atoms in total. The van der Waals surface area contributed by atoms with Gasteiger partial charge in [0.15, 0.2) is 0 Å². The number of carbonyl (C=O) groups excluding carboxylic acids is 1. The van der Waals surface area contributed by atoms with Gasteiger partial charge in [-0.2, -0.15) is 0 Å². The second-order valence-electron chi connectivity index (χ2n) is 5.93. The van der Waals surface area contributed by atoms with Gasteiger partial charge >= 0.3 is 5.97 Å². The van der Waals surface area contributed by atoms with Crippen molar-refractivity contribution in [3.8, 4) is 0 Å². The van der Waals surface area contributed by atoms with Crippen LogP contribution in [0.25, 0.3) is 0 Å². The van der Waals surface area contributed by atoms with E-state index in [2.05, 4.69) is 5.32 Å². The third-order valence-corrected chi connectivity index (χ3v) is 3.69. The van der Waals surface area contributed by atoms with Crippen molar-refractivity contribution in [3.63, 3.8) is 0 Å². The Hall–Kier alpha value is -1.88. The molecule has 1 aliphatic heterocycles. The second kappa shape index (κ2) is 6.72. The Bertz CT molecular complexity index is 528. The number of carbonyl (C=O) groups is 2. The summed E-state index contributed by atoms with van der Waals surface area (Å²) in [5.41, 5.74) is 2.16. The number of aliphatic carboxylic acids is 1. The van der Waals surface area contributed by atoms with Gasteiger partial charge < -0.3 is 10.4 Å². The van der Waals surface area contributed by atoms with Crippen LogP contribution in [0.5, 0.6) is 0 Å². The molecule has 21 heavy (non-hydrogen) atoms. The molecule has 0 spiro atoms. The van der Waals surface area contributed by atoms with Crippen molar-refractivity contribution in [1.82, 2.24) is 10.2 Å².